The number of nitrogens with zero attached hydrogens (tertiary/aromatic N) is 2. The van der Waals surface area contributed by atoms with Gasteiger partial charge in [0.1, 0.15) is 17.1 Å². The lowest BCUT2D eigenvalue weighted by Crippen LogP contribution is -2.54. The number of hydrogen-bond acceptors (Lipinski definition) is 4. The molecule has 2 aliphatic heterocycles. The average molecular weight is 383 g/mol. The number of halogens is 2. The van der Waals surface area contributed by atoms with Crippen LogP contribution in [0.15, 0.2) is 22.6 Å². The van der Waals surface area contributed by atoms with E-state index in [1.165, 1.54) is 12.1 Å². The number of fused-ring (bicyclic) bond motifs is 1. The molecule has 0 radical (unpaired) electrons. The van der Waals surface area contributed by atoms with Gasteiger partial charge >= 0.3 is 0 Å². The van der Waals surface area contributed by atoms with Crippen molar-refractivity contribution >= 4 is 29.3 Å². The van der Waals surface area contributed by atoms with Crippen LogP contribution in [0.1, 0.15) is 35.9 Å². The highest BCUT2D eigenvalue weighted by Crippen LogP contribution is 2.37. The molecule has 7 heteroatoms. The molecule has 0 N–H and O–H groups in total. The first-order chi connectivity index (χ1) is 12.0. The summed E-state index contributed by atoms with van der Waals surface area (Å²) < 4.78 is 25.3. The number of hydrogen-bond donors (Lipinski definition) is 0. The summed E-state index contributed by atoms with van der Waals surface area (Å²) in [4.78, 5) is 17.4. The molecule has 0 atom stereocenters. The summed E-state index contributed by atoms with van der Waals surface area (Å²) in [6, 6.07) is 4.34. The Morgan fingerprint density at radius 2 is 2.00 bits per heavy atom. The fourth-order valence-electron chi connectivity index (χ4n) is 4.05. The van der Waals surface area contributed by atoms with Gasteiger partial charge in [0, 0.05) is 43.4 Å². The number of furan rings is 1. The molecule has 1 aromatic carbocycles. The molecule has 2 saturated heterocycles. The van der Waals surface area contributed by atoms with Crippen molar-refractivity contribution in [2.24, 2.45) is 0 Å². The molecule has 4 rings (SSSR count). The number of likely N-dealkylation sites (tertiary alicyclic amines) is 1. The predicted octanol–water partition coefficient (Wildman–Crippen LogP) is 3.59. The lowest BCUT2D eigenvalue weighted by molar-refractivity contribution is -0.105. The van der Waals surface area contributed by atoms with E-state index in [-0.39, 0.29) is 24.1 Å². The van der Waals surface area contributed by atoms with E-state index in [4.69, 9.17) is 9.15 Å². The Labute approximate surface area is 158 Å². The minimum Gasteiger partial charge on any atom is -0.451 e. The van der Waals surface area contributed by atoms with Gasteiger partial charge in [-0.1, -0.05) is 6.92 Å². The zero-order valence-electron chi connectivity index (χ0n) is 15.1. The molecule has 0 aliphatic carbocycles. The van der Waals surface area contributed by atoms with Crippen LogP contribution in [0.25, 0.3) is 11.0 Å². The quantitative estimate of drug-likeness (QED) is 0.796. The number of carbonyl (C=O) groups is 1. The van der Waals surface area contributed by atoms with Crippen molar-refractivity contribution in [2.45, 2.75) is 32.4 Å². The summed E-state index contributed by atoms with van der Waals surface area (Å²) in [6.45, 7) is 7.92. The molecular weight excluding hydrogens is 359 g/mol. The summed E-state index contributed by atoms with van der Waals surface area (Å²) in [5, 5.41) is 0.651. The van der Waals surface area contributed by atoms with Gasteiger partial charge < -0.3 is 19.0 Å². The molecule has 26 heavy (non-hydrogen) atoms. The van der Waals surface area contributed by atoms with Gasteiger partial charge in [-0.15, -0.1) is 12.4 Å². The van der Waals surface area contributed by atoms with Crippen LogP contribution < -0.4 is 0 Å². The number of piperidine rings is 1. The predicted molar refractivity (Wildman–Crippen MR) is 99.2 cm³/mol. The van der Waals surface area contributed by atoms with Crippen molar-refractivity contribution in [1.29, 1.82) is 0 Å². The Morgan fingerprint density at radius 1 is 1.27 bits per heavy atom. The lowest BCUT2D eigenvalue weighted by atomic mass is 9.98. The maximum Gasteiger partial charge on any atom is 0.292 e. The molecule has 1 amide bonds. The molecule has 142 valence electrons. The Kier molecular flexibility index (Phi) is 5.28. The molecule has 0 saturated carbocycles. The Morgan fingerprint density at radius 3 is 2.69 bits per heavy atom. The van der Waals surface area contributed by atoms with Gasteiger partial charge in [-0.05, 0) is 31.7 Å². The SMILES string of the molecule is CCN1CCC2(CC1)OCCN2C(=O)c1oc2ccc(F)cc2c1C.Cl. The molecule has 1 spiro atoms. The number of benzene rings is 1. The topological polar surface area (TPSA) is 45.9 Å². The highest BCUT2D eigenvalue weighted by atomic mass is 35.5. The molecule has 2 aliphatic rings. The Balaban J connectivity index is 0.00000196. The van der Waals surface area contributed by atoms with Gasteiger partial charge in [0.15, 0.2) is 5.76 Å². The number of amides is 1. The Bertz CT molecular complexity index is 814. The fourth-order valence-corrected chi connectivity index (χ4v) is 4.05. The molecule has 2 fully saturated rings. The largest absolute Gasteiger partial charge is 0.451 e. The van der Waals surface area contributed by atoms with Crippen molar-refractivity contribution in [1.82, 2.24) is 9.80 Å². The van der Waals surface area contributed by atoms with E-state index in [2.05, 4.69) is 11.8 Å². The van der Waals surface area contributed by atoms with Crippen LogP contribution in [0.4, 0.5) is 4.39 Å². The first-order valence-electron chi connectivity index (χ1n) is 8.91. The molecule has 2 aromatic rings. The van der Waals surface area contributed by atoms with Crippen LogP contribution in [0.2, 0.25) is 0 Å². The number of aryl methyl sites for hydroxylation is 1. The average Bonchev–Trinajstić information content (AvgIpc) is 3.17. The van der Waals surface area contributed by atoms with Crippen molar-refractivity contribution in [2.75, 3.05) is 32.8 Å². The maximum absolute atomic E-state index is 13.5. The highest BCUT2D eigenvalue weighted by Gasteiger charge is 2.47. The van der Waals surface area contributed by atoms with E-state index in [1.54, 1.807) is 6.07 Å². The normalized spacial score (nSPS) is 19.9. The molecule has 0 unspecified atom stereocenters. The van der Waals surface area contributed by atoms with Gasteiger partial charge in [0.2, 0.25) is 0 Å². The molecule has 3 heterocycles. The first-order valence-corrected chi connectivity index (χ1v) is 8.91. The van der Waals surface area contributed by atoms with Gasteiger partial charge in [0.05, 0.1) is 6.61 Å². The number of rotatable bonds is 2. The summed E-state index contributed by atoms with van der Waals surface area (Å²) >= 11 is 0. The monoisotopic (exact) mass is 382 g/mol. The van der Waals surface area contributed by atoms with Crippen molar-refractivity contribution in [3.63, 3.8) is 0 Å². The van der Waals surface area contributed by atoms with Crippen LogP contribution in [0, 0.1) is 12.7 Å². The summed E-state index contributed by atoms with van der Waals surface area (Å²) in [6.07, 6.45) is 1.61. The molecule has 5 nitrogen and oxygen atoms in total. The van der Waals surface area contributed by atoms with Crippen LogP contribution >= 0.6 is 12.4 Å². The van der Waals surface area contributed by atoms with Crippen LogP contribution in [0.3, 0.4) is 0 Å². The number of carbonyl (C=O) groups excluding carboxylic acids is 1. The first kappa shape index (κ1) is 19.1. The van der Waals surface area contributed by atoms with E-state index in [0.717, 1.165) is 32.5 Å². The summed E-state index contributed by atoms with van der Waals surface area (Å²) in [7, 11) is 0. The molecule has 0 bridgehead atoms. The van der Waals surface area contributed by atoms with Gasteiger partial charge in [-0.3, -0.25) is 4.79 Å². The van der Waals surface area contributed by atoms with Crippen molar-refractivity contribution in [3.8, 4) is 0 Å². The maximum atomic E-state index is 13.5. The van der Waals surface area contributed by atoms with E-state index in [0.29, 0.717) is 35.4 Å². The lowest BCUT2D eigenvalue weighted by Gasteiger charge is -2.43. The molecule has 1 aromatic heterocycles. The summed E-state index contributed by atoms with van der Waals surface area (Å²) in [5.74, 6) is -0.191. The smallest absolute Gasteiger partial charge is 0.292 e. The third-order valence-corrected chi connectivity index (χ3v) is 5.60. The van der Waals surface area contributed by atoms with E-state index in [1.807, 2.05) is 11.8 Å². The Hall–Kier alpha value is -1.63. The van der Waals surface area contributed by atoms with Crippen LogP contribution in [-0.2, 0) is 4.74 Å². The van der Waals surface area contributed by atoms with Crippen LogP contribution in [-0.4, -0.2) is 54.2 Å². The second kappa shape index (κ2) is 7.18. The fraction of sp³-hybridized carbons (Fsp3) is 0.526. The van der Waals surface area contributed by atoms with E-state index in [9.17, 15) is 9.18 Å². The highest BCUT2D eigenvalue weighted by molar-refractivity contribution is 5.99. The zero-order chi connectivity index (χ0) is 17.6. The van der Waals surface area contributed by atoms with Gasteiger partial charge in [-0.25, -0.2) is 4.39 Å². The third kappa shape index (κ3) is 3.00. The molecular formula is C19H24ClFN2O3. The minimum absolute atomic E-state index is 0. The van der Waals surface area contributed by atoms with Gasteiger partial charge in [0.25, 0.3) is 5.91 Å². The second-order valence-corrected chi connectivity index (χ2v) is 6.88. The van der Waals surface area contributed by atoms with Crippen LogP contribution in [0.5, 0.6) is 0 Å². The van der Waals surface area contributed by atoms with Crippen molar-refractivity contribution in [3.05, 3.63) is 35.3 Å². The van der Waals surface area contributed by atoms with E-state index < -0.39 is 5.72 Å². The minimum atomic E-state index is -0.528. The zero-order valence-corrected chi connectivity index (χ0v) is 15.9. The second-order valence-electron chi connectivity index (χ2n) is 6.88. The van der Waals surface area contributed by atoms with Gasteiger partial charge in [-0.2, -0.15) is 0 Å². The van der Waals surface area contributed by atoms with Crippen molar-refractivity contribution < 1.29 is 18.3 Å². The van der Waals surface area contributed by atoms with E-state index >= 15 is 0 Å². The standard InChI is InChI=1S/C19H23FN2O3.ClH/c1-3-21-8-6-19(7-9-21)22(10-11-24-19)18(23)17-13(2)15-12-14(20)4-5-16(15)25-17;/h4-5,12H,3,6-11H2,1-2H3;1H. The third-order valence-electron chi connectivity index (χ3n) is 5.60. The number of ether oxygens (including phenoxy) is 1. The summed E-state index contributed by atoms with van der Waals surface area (Å²) in [5.41, 5.74) is 0.698.